The fourth-order valence-corrected chi connectivity index (χ4v) is 5.42. The quantitative estimate of drug-likeness (QED) is 0.144. The molecule has 3 aromatic rings. The zero-order chi connectivity index (χ0) is 34.2. The van der Waals surface area contributed by atoms with Crippen molar-refractivity contribution in [2.45, 2.75) is 104 Å². The highest BCUT2D eigenvalue weighted by Crippen LogP contribution is 2.27. The van der Waals surface area contributed by atoms with Gasteiger partial charge in [-0.25, -0.2) is 4.79 Å². The Morgan fingerprint density at radius 3 is 2.02 bits per heavy atom. The number of rotatable bonds is 17. The van der Waals surface area contributed by atoms with Gasteiger partial charge in [-0.2, -0.15) is 0 Å². The lowest BCUT2D eigenvalue weighted by Gasteiger charge is -2.35. The summed E-state index contributed by atoms with van der Waals surface area (Å²) in [5, 5.41) is 5.88. The van der Waals surface area contributed by atoms with Crippen molar-refractivity contribution in [1.82, 2.24) is 10.2 Å². The summed E-state index contributed by atoms with van der Waals surface area (Å²) in [6.45, 7) is 9.96. The van der Waals surface area contributed by atoms with Crippen LogP contribution in [0.5, 0.6) is 5.75 Å². The molecule has 0 saturated carbocycles. The molecular weight excluding hydrogens is 590 g/mol. The lowest BCUT2D eigenvalue weighted by atomic mass is 9.98. The number of unbranched alkanes of at least 4 members (excludes halogenated alkanes) is 5. The fraction of sp³-hybridized carbons (Fsp3) is 0.462. The summed E-state index contributed by atoms with van der Waals surface area (Å²) in [6.07, 6.45) is 6.54. The fourth-order valence-electron chi connectivity index (χ4n) is 5.42. The van der Waals surface area contributed by atoms with Gasteiger partial charge in [-0.3, -0.25) is 9.59 Å². The molecule has 2 unspecified atom stereocenters. The number of hydrogen-bond acceptors (Lipinski definition) is 5. The van der Waals surface area contributed by atoms with Crippen molar-refractivity contribution in [2.24, 2.45) is 0 Å². The van der Waals surface area contributed by atoms with Crippen LogP contribution in [0.1, 0.15) is 95.9 Å². The van der Waals surface area contributed by atoms with Crippen LogP contribution in [0.25, 0.3) is 0 Å². The number of ether oxygens (including phenoxy) is 2. The number of amides is 3. The summed E-state index contributed by atoms with van der Waals surface area (Å²) >= 11 is 0. The summed E-state index contributed by atoms with van der Waals surface area (Å²) in [5.41, 5.74) is 2.55. The maximum Gasteiger partial charge on any atom is 0.408 e. The normalized spacial score (nSPS) is 12.5. The smallest absolute Gasteiger partial charge is 0.408 e. The van der Waals surface area contributed by atoms with Gasteiger partial charge in [-0.15, -0.1) is 0 Å². The molecule has 0 aliphatic heterocycles. The predicted molar refractivity (Wildman–Crippen MR) is 189 cm³/mol. The number of hydrogen-bond donors (Lipinski definition) is 2. The molecule has 3 rings (SSSR count). The monoisotopic (exact) mass is 643 g/mol. The van der Waals surface area contributed by atoms with Crippen molar-refractivity contribution in [3.05, 3.63) is 95.6 Å². The number of aryl methyl sites for hydroxylation is 1. The van der Waals surface area contributed by atoms with Crippen LogP contribution in [-0.4, -0.2) is 48.1 Å². The molecule has 0 aliphatic carbocycles. The van der Waals surface area contributed by atoms with E-state index in [1.807, 2.05) is 54.6 Å². The molecule has 254 valence electrons. The van der Waals surface area contributed by atoms with E-state index in [-0.39, 0.29) is 18.2 Å². The van der Waals surface area contributed by atoms with Gasteiger partial charge >= 0.3 is 6.09 Å². The van der Waals surface area contributed by atoms with Gasteiger partial charge < -0.3 is 25.0 Å². The molecule has 0 spiro atoms. The minimum Gasteiger partial charge on any atom is -0.497 e. The highest BCUT2D eigenvalue weighted by Gasteiger charge is 2.36. The average molecular weight is 644 g/mol. The molecule has 0 aliphatic rings. The summed E-state index contributed by atoms with van der Waals surface area (Å²) in [7, 11) is 1.59. The Morgan fingerprint density at radius 2 is 1.43 bits per heavy atom. The molecule has 0 fully saturated rings. The number of carbonyl (C=O) groups excluding carboxylic acids is 3. The number of alkyl carbamates (subject to hydrolysis) is 1. The first-order chi connectivity index (χ1) is 22.5. The van der Waals surface area contributed by atoms with E-state index in [0.717, 1.165) is 56.1 Å². The zero-order valence-corrected chi connectivity index (χ0v) is 29.0. The van der Waals surface area contributed by atoms with Gasteiger partial charge in [0.25, 0.3) is 5.91 Å². The molecule has 0 aromatic heterocycles. The van der Waals surface area contributed by atoms with Crippen LogP contribution < -0.4 is 15.4 Å². The van der Waals surface area contributed by atoms with E-state index >= 15 is 0 Å². The molecule has 47 heavy (non-hydrogen) atoms. The van der Waals surface area contributed by atoms with Crippen molar-refractivity contribution < 1.29 is 23.9 Å². The molecule has 0 bridgehead atoms. The van der Waals surface area contributed by atoms with Gasteiger partial charge in [0.15, 0.2) is 0 Å². The Balaban J connectivity index is 2.04. The highest BCUT2D eigenvalue weighted by atomic mass is 16.6. The molecule has 0 radical (unpaired) electrons. The lowest BCUT2D eigenvalue weighted by Crippen LogP contribution is -2.53. The number of carbonyl (C=O) groups is 3. The number of anilines is 1. The number of methoxy groups -OCH3 is 1. The van der Waals surface area contributed by atoms with Crippen LogP contribution >= 0.6 is 0 Å². The Bertz CT molecular complexity index is 1380. The zero-order valence-electron chi connectivity index (χ0n) is 29.0. The summed E-state index contributed by atoms with van der Waals surface area (Å²) in [5.74, 6) is -0.0104. The maximum atomic E-state index is 14.8. The van der Waals surface area contributed by atoms with Gasteiger partial charge in [-0.05, 0) is 74.6 Å². The van der Waals surface area contributed by atoms with E-state index in [9.17, 15) is 14.4 Å². The third-order valence-corrected chi connectivity index (χ3v) is 7.93. The average Bonchev–Trinajstić information content (AvgIpc) is 3.05. The molecule has 0 heterocycles. The molecule has 2 N–H and O–H groups in total. The van der Waals surface area contributed by atoms with Crippen LogP contribution in [0.15, 0.2) is 78.9 Å². The highest BCUT2D eigenvalue weighted by molar-refractivity contribution is 5.99. The number of benzene rings is 3. The molecule has 8 nitrogen and oxygen atoms in total. The molecular formula is C39H53N3O5. The minimum absolute atomic E-state index is 0.244. The van der Waals surface area contributed by atoms with Gasteiger partial charge in [0.1, 0.15) is 23.4 Å². The van der Waals surface area contributed by atoms with Gasteiger partial charge in [0.05, 0.1) is 7.11 Å². The molecule has 8 heteroatoms. The largest absolute Gasteiger partial charge is 0.497 e. The van der Waals surface area contributed by atoms with E-state index in [2.05, 4.69) is 24.5 Å². The van der Waals surface area contributed by atoms with E-state index < -0.39 is 23.8 Å². The minimum atomic E-state index is -0.960. The van der Waals surface area contributed by atoms with E-state index in [1.54, 1.807) is 57.0 Å². The van der Waals surface area contributed by atoms with E-state index in [1.165, 1.54) is 0 Å². The molecule has 3 aromatic carbocycles. The van der Waals surface area contributed by atoms with E-state index in [4.69, 9.17) is 9.47 Å². The van der Waals surface area contributed by atoms with Gasteiger partial charge in [0.2, 0.25) is 5.91 Å². The van der Waals surface area contributed by atoms with Crippen LogP contribution in [0.3, 0.4) is 0 Å². The first-order valence-corrected chi connectivity index (χ1v) is 16.9. The summed E-state index contributed by atoms with van der Waals surface area (Å²) in [6, 6.07) is 22.6. The molecule has 0 saturated heterocycles. The summed E-state index contributed by atoms with van der Waals surface area (Å²) in [4.78, 5) is 43.8. The topological polar surface area (TPSA) is 97.0 Å². The third-order valence-electron chi connectivity index (χ3n) is 7.93. The second-order valence-electron chi connectivity index (χ2n) is 12.9. The van der Waals surface area contributed by atoms with Crippen LogP contribution in [0, 0.1) is 0 Å². The van der Waals surface area contributed by atoms with Crippen molar-refractivity contribution in [3.8, 4) is 5.75 Å². The van der Waals surface area contributed by atoms with Gasteiger partial charge in [0, 0.05) is 18.7 Å². The predicted octanol–water partition coefficient (Wildman–Crippen LogP) is 8.26. The number of nitrogens with one attached hydrogen (secondary N) is 2. The second kappa shape index (κ2) is 18.7. The Labute approximate surface area is 281 Å². The van der Waals surface area contributed by atoms with Crippen molar-refractivity contribution in [1.29, 1.82) is 0 Å². The lowest BCUT2D eigenvalue weighted by molar-refractivity contribution is -0.140. The van der Waals surface area contributed by atoms with Crippen molar-refractivity contribution >= 4 is 23.6 Å². The van der Waals surface area contributed by atoms with Gasteiger partial charge in [-0.1, -0.05) is 101 Å². The molecule has 2 atom stereocenters. The second-order valence-corrected chi connectivity index (χ2v) is 12.9. The first kappa shape index (κ1) is 37.1. The SMILES string of the molecule is CCCCCCCCN(C(=O)C(Cc1ccccc1)NC(=O)OC(C)(C)C)C(C(=O)Nc1ccc(OC)cc1)c1ccc(CC)cc1. The summed E-state index contributed by atoms with van der Waals surface area (Å²) < 4.78 is 10.9. The van der Waals surface area contributed by atoms with Crippen molar-refractivity contribution in [2.75, 3.05) is 19.0 Å². The number of nitrogens with zero attached hydrogens (tertiary/aromatic N) is 1. The van der Waals surface area contributed by atoms with Crippen LogP contribution in [0.4, 0.5) is 10.5 Å². The molecule has 3 amide bonds. The Morgan fingerprint density at radius 1 is 0.787 bits per heavy atom. The Kier molecular flexibility index (Phi) is 14.8. The van der Waals surface area contributed by atoms with Crippen LogP contribution in [-0.2, 0) is 27.2 Å². The first-order valence-electron chi connectivity index (χ1n) is 16.9. The van der Waals surface area contributed by atoms with Crippen molar-refractivity contribution in [3.63, 3.8) is 0 Å². The standard InChI is InChI=1S/C39H53N3O5/c1-7-9-10-11-12-16-27-42(37(44)34(28-30-17-14-13-15-18-30)41-38(45)47-39(3,4)5)35(31-21-19-29(8-2)20-22-31)36(43)40-32-23-25-33(46-6)26-24-32/h13-15,17-26,34-35H,7-12,16,27-28H2,1-6H3,(H,40,43)(H,41,45). The van der Waals surface area contributed by atoms with Crippen LogP contribution in [0.2, 0.25) is 0 Å². The maximum absolute atomic E-state index is 14.8. The third kappa shape index (κ3) is 12.4. The van der Waals surface area contributed by atoms with E-state index in [0.29, 0.717) is 23.5 Å². The Hall–Kier alpha value is -4.33.